The molecule has 2 aromatic rings. The lowest BCUT2D eigenvalue weighted by atomic mass is 10.0. The highest BCUT2D eigenvalue weighted by molar-refractivity contribution is 5.34. The molecule has 0 bridgehead atoms. The van der Waals surface area contributed by atoms with E-state index in [1.54, 1.807) is 19.2 Å². The van der Waals surface area contributed by atoms with Crippen LogP contribution >= 0.6 is 0 Å². The van der Waals surface area contributed by atoms with Gasteiger partial charge in [-0.15, -0.1) is 0 Å². The maximum Gasteiger partial charge on any atom is 0.165 e. The first-order valence-corrected chi connectivity index (χ1v) is 6.76. The van der Waals surface area contributed by atoms with Crippen molar-refractivity contribution in [3.05, 3.63) is 59.4 Å². The van der Waals surface area contributed by atoms with Gasteiger partial charge < -0.3 is 14.6 Å². The van der Waals surface area contributed by atoms with Crippen molar-refractivity contribution in [3.63, 3.8) is 0 Å². The van der Waals surface area contributed by atoms with Crippen molar-refractivity contribution >= 4 is 0 Å². The molecule has 2 rings (SSSR count). The van der Waals surface area contributed by atoms with E-state index in [4.69, 9.17) is 9.47 Å². The molecule has 1 unspecified atom stereocenters. The largest absolute Gasteiger partial charge is 0.496 e. The van der Waals surface area contributed by atoms with Gasteiger partial charge in [-0.1, -0.05) is 24.3 Å². The zero-order valence-electron chi connectivity index (χ0n) is 12.2. The molecular formula is C17H19FO3. The van der Waals surface area contributed by atoms with E-state index in [1.165, 1.54) is 13.2 Å². The molecule has 4 heteroatoms. The van der Waals surface area contributed by atoms with Crippen LogP contribution in [-0.2, 0) is 12.8 Å². The van der Waals surface area contributed by atoms with Crippen LogP contribution in [0.4, 0.5) is 4.39 Å². The molecule has 1 atom stereocenters. The number of rotatable bonds is 6. The molecule has 0 fully saturated rings. The van der Waals surface area contributed by atoms with Gasteiger partial charge in [0.2, 0.25) is 0 Å². The van der Waals surface area contributed by atoms with Gasteiger partial charge in [0.25, 0.3) is 0 Å². The molecule has 0 saturated heterocycles. The summed E-state index contributed by atoms with van der Waals surface area (Å²) in [4.78, 5) is 0. The second kappa shape index (κ2) is 7.09. The van der Waals surface area contributed by atoms with Crippen LogP contribution in [-0.4, -0.2) is 25.4 Å². The Hall–Kier alpha value is -2.07. The maximum absolute atomic E-state index is 13.6. The van der Waals surface area contributed by atoms with E-state index in [0.29, 0.717) is 12.8 Å². The van der Waals surface area contributed by atoms with Crippen LogP contribution in [0.5, 0.6) is 11.5 Å². The van der Waals surface area contributed by atoms with E-state index in [9.17, 15) is 9.50 Å². The minimum absolute atomic E-state index is 0.206. The molecular weight excluding hydrogens is 271 g/mol. The van der Waals surface area contributed by atoms with E-state index < -0.39 is 11.9 Å². The summed E-state index contributed by atoms with van der Waals surface area (Å²) in [5, 5.41) is 10.2. The summed E-state index contributed by atoms with van der Waals surface area (Å²) in [6, 6.07) is 12.3. The highest BCUT2D eigenvalue weighted by atomic mass is 19.1. The first-order valence-electron chi connectivity index (χ1n) is 6.76. The van der Waals surface area contributed by atoms with E-state index in [-0.39, 0.29) is 5.75 Å². The van der Waals surface area contributed by atoms with Crippen LogP contribution in [0.15, 0.2) is 42.5 Å². The van der Waals surface area contributed by atoms with Gasteiger partial charge in [-0.25, -0.2) is 4.39 Å². The Morgan fingerprint density at radius 1 is 1.00 bits per heavy atom. The van der Waals surface area contributed by atoms with Gasteiger partial charge in [0.05, 0.1) is 20.3 Å². The zero-order valence-corrected chi connectivity index (χ0v) is 12.2. The third-order valence-electron chi connectivity index (χ3n) is 3.34. The first kappa shape index (κ1) is 15.3. The number of hydrogen-bond acceptors (Lipinski definition) is 3. The predicted octanol–water partition coefficient (Wildman–Crippen LogP) is 2.99. The predicted molar refractivity (Wildman–Crippen MR) is 79.4 cm³/mol. The molecule has 0 aliphatic rings. The molecule has 3 nitrogen and oxygen atoms in total. The Morgan fingerprint density at radius 2 is 1.71 bits per heavy atom. The lowest BCUT2D eigenvalue weighted by Gasteiger charge is -2.14. The Balaban J connectivity index is 2.04. The van der Waals surface area contributed by atoms with Crippen LogP contribution in [0.1, 0.15) is 11.1 Å². The van der Waals surface area contributed by atoms with Crippen molar-refractivity contribution in [2.75, 3.05) is 14.2 Å². The van der Waals surface area contributed by atoms with Crippen LogP contribution in [0, 0.1) is 5.82 Å². The average Bonchev–Trinajstić information content (AvgIpc) is 2.48. The van der Waals surface area contributed by atoms with Gasteiger partial charge in [0, 0.05) is 6.42 Å². The Labute approximate surface area is 124 Å². The first-order chi connectivity index (χ1) is 10.1. The lowest BCUT2D eigenvalue weighted by molar-refractivity contribution is 0.174. The molecule has 0 amide bonds. The third-order valence-corrected chi connectivity index (χ3v) is 3.34. The van der Waals surface area contributed by atoms with Crippen molar-refractivity contribution in [2.45, 2.75) is 18.9 Å². The SMILES string of the molecule is COc1ccc(CC(O)Cc2ccccc2OC)cc1F. The summed E-state index contributed by atoms with van der Waals surface area (Å²) in [6.45, 7) is 0. The maximum atomic E-state index is 13.6. The number of hydrogen-bond donors (Lipinski definition) is 1. The van der Waals surface area contributed by atoms with Gasteiger partial charge in [-0.05, 0) is 35.7 Å². The van der Waals surface area contributed by atoms with Gasteiger partial charge in [-0.3, -0.25) is 0 Å². The lowest BCUT2D eigenvalue weighted by Crippen LogP contribution is -2.14. The van der Waals surface area contributed by atoms with Crippen LogP contribution in [0.2, 0.25) is 0 Å². The van der Waals surface area contributed by atoms with Crippen LogP contribution in [0.3, 0.4) is 0 Å². The fourth-order valence-electron chi connectivity index (χ4n) is 2.31. The highest BCUT2D eigenvalue weighted by Gasteiger charge is 2.12. The molecule has 0 spiro atoms. The van der Waals surface area contributed by atoms with E-state index in [2.05, 4.69) is 0 Å². The summed E-state index contributed by atoms with van der Waals surface area (Å²) in [6.07, 6.45) is 0.227. The molecule has 112 valence electrons. The second-order valence-corrected chi connectivity index (χ2v) is 4.84. The van der Waals surface area contributed by atoms with Crippen molar-refractivity contribution in [3.8, 4) is 11.5 Å². The van der Waals surface area contributed by atoms with Gasteiger partial charge in [0.15, 0.2) is 11.6 Å². The Bertz CT molecular complexity index is 598. The second-order valence-electron chi connectivity index (χ2n) is 4.84. The smallest absolute Gasteiger partial charge is 0.165 e. The van der Waals surface area contributed by atoms with Gasteiger partial charge in [0.1, 0.15) is 5.75 Å². The number of halogens is 1. The van der Waals surface area contributed by atoms with Crippen LogP contribution in [0.25, 0.3) is 0 Å². The summed E-state index contributed by atoms with van der Waals surface area (Å²) < 4.78 is 23.8. The highest BCUT2D eigenvalue weighted by Crippen LogP contribution is 2.22. The van der Waals surface area contributed by atoms with Gasteiger partial charge >= 0.3 is 0 Å². The fourth-order valence-corrected chi connectivity index (χ4v) is 2.31. The van der Waals surface area contributed by atoms with Crippen molar-refractivity contribution in [1.82, 2.24) is 0 Å². The topological polar surface area (TPSA) is 38.7 Å². The van der Waals surface area contributed by atoms with E-state index in [0.717, 1.165) is 16.9 Å². The molecule has 0 heterocycles. The summed E-state index contributed by atoms with van der Waals surface area (Å²) in [5.41, 5.74) is 1.66. The Morgan fingerprint density at radius 3 is 2.38 bits per heavy atom. The molecule has 0 aliphatic heterocycles. The Kier molecular flexibility index (Phi) is 5.17. The molecule has 0 radical (unpaired) electrons. The number of benzene rings is 2. The normalized spacial score (nSPS) is 12.0. The summed E-state index contributed by atoms with van der Waals surface area (Å²) >= 11 is 0. The van der Waals surface area contributed by atoms with E-state index in [1.807, 2.05) is 24.3 Å². The summed E-state index contributed by atoms with van der Waals surface area (Å²) in [7, 11) is 3.03. The van der Waals surface area contributed by atoms with Crippen LogP contribution < -0.4 is 9.47 Å². The summed E-state index contributed by atoms with van der Waals surface area (Å²) in [5.74, 6) is 0.537. The number of ether oxygens (including phenoxy) is 2. The fraction of sp³-hybridized carbons (Fsp3) is 0.294. The molecule has 0 aliphatic carbocycles. The van der Waals surface area contributed by atoms with Crippen molar-refractivity contribution in [1.29, 1.82) is 0 Å². The molecule has 1 N–H and O–H groups in total. The molecule has 2 aromatic carbocycles. The minimum Gasteiger partial charge on any atom is -0.496 e. The van der Waals surface area contributed by atoms with Crippen molar-refractivity contribution in [2.24, 2.45) is 0 Å². The standard InChI is InChI=1S/C17H19FO3/c1-20-16-6-4-3-5-13(16)11-14(19)9-12-7-8-17(21-2)15(18)10-12/h3-8,10,14,19H,9,11H2,1-2H3. The molecule has 0 saturated carbocycles. The minimum atomic E-state index is -0.603. The number of methoxy groups -OCH3 is 2. The molecule has 0 aromatic heterocycles. The number of para-hydroxylation sites is 1. The quantitative estimate of drug-likeness (QED) is 0.889. The van der Waals surface area contributed by atoms with Crippen molar-refractivity contribution < 1.29 is 19.0 Å². The van der Waals surface area contributed by atoms with E-state index >= 15 is 0 Å². The average molecular weight is 290 g/mol. The monoisotopic (exact) mass is 290 g/mol. The number of aliphatic hydroxyl groups is 1. The molecule has 21 heavy (non-hydrogen) atoms. The number of aliphatic hydroxyl groups excluding tert-OH is 1. The zero-order chi connectivity index (χ0) is 15.2. The third kappa shape index (κ3) is 3.95. The van der Waals surface area contributed by atoms with Gasteiger partial charge in [-0.2, -0.15) is 0 Å².